The number of rotatable bonds is 4. The summed E-state index contributed by atoms with van der Waals surface area (Å²) in [5.74, 6) is -0.0595. The van der Waals surface area contributed by atoms with Gasteiger partial charge in [0.15, 0.2) is 5.13 Å². The van der Waals surface area contributed by atoms with E-state index in [2.05, 4.69) is 21.7 Å². The molecule has 1 N–H and O–H groups in total. The summed E-state index contributed by atoms with van der Waals surface area (Å²) >= 11 is 1.66. The van der Waals surface area contributed by atoms with Gasteiger partial charge >= 0.3 is 0 Å². The van der Waals surface area contributed by atoms with E-state index in [4.69, 9.17) is 9.72 Å². The maximum atomic E-state index is 12.6. The van der Waals surface area contributed by atoms with Crippen LogP contribution in [0.5, 0.6) is 0 Å². The molecule has 0 unspecified atom stereocenters. The molecule has 0 atom stereocenters. The van der Waals surface area contributed by atoms with Gasteiger partial charge in [0.25, 0.3) is 5.91 Å². The van der Waals surface area contributed by atoms with Crippen LogP contribution in [0.2, 0.25) is 0 Å². The fourth-order valence-corrected chi connectivity index (χ4v) is 4.83. The third-order valence-corrected chi connectivity index (χ3v) is 6.47. The quantitative estimate of drug-likeness (QED) is 0.700. The molecule has 0 bridgehead atoms. The van der Waals surface area contributed by atoms with Crippen LogP contribution in [0.3, 0.4) is 0 Å². The molecule has 5 nitrogen and oxygen atoms in total. The third-order valence-electron chi connectivity index (χ3n) is 5.57. The first kappa shape index (κ1) is 18.3. The zero-order valence-corrected chi connectivity index (χ0v) is 17.0. The Morgan fingerprint density at radius 2 is 1.83 bits per heavy atom. The van der Waals surface area contributed by atoms with E-state index >= 15 is 0 Å². The summed E-state index contributed by atoms with van der Waals surface area (Å²) in [7, 11) is 0. The summed E-state index contributed by atoms with van der Waals surface area (Å²) in [6, 6.07) is 14.0. The first-order chi connectivity index (χ1) is 14.3. The highest BCUT2D eigenvalue weighted by atomic mass is 32.1. The van der Waals surface area contributed by atoms with E-state index in [0.717, 1.165) is 66.8 Å². The largest absolute Gasteiger partial charge is 0.378 e. The van der Waals surface area contributed by atoms with Gasteiger partial charge in [0.2, 0.25) is 0 Å². The smallest absolute Gasteiger partial charge is 0.255 e. The molecule has 0 spiro atoms. The predicted octanol–water partition coefficient (Wildman–Crippen LogP) is 4.39. The normalized spacial score (nSPS) is 15.9. The minimum Gasteiger partial charge on any atom is -0.378 e. The topological polar surface area (TPSA) is 54.5 Å². The molecule has 3 aromatic rings. The van der Waals surface area contributed by atoms with Crippen molar-refractivity contribution >= 4 is 28.1 Å². The van der Waals surface area contributed by atoms with Crippen LogP contribution in [0.25, 0.3) is 11.3 Å². The standard InChI is InChI=1S/C23H23N3O2S/c27-22(19-5-4-16-2-1-3-18(16)14-19)24-20-8-6-17(7-9-20)21-15-29-23(25-21)26-10-12-28-13-11-26/h4-9,14-15H,1-3,10-13H2,(H,24,27). The number of aryl methyl sites for hydroxylation is 2. The Morgan fingerprint density at radius 1 is 1.03 bits per heavy atom. The van der Waals surface area contributed by atoms with Gasteiger partial charge in [-0.1, -0.05) is 18.2 Å². The van der Waals surface area contributed by atoms with Crippen LogP contribution in [-0.2, 0) is 17.6 Å². The summed E-state index contributed by atoms with van der Waals surface area (Å²) in [5.41, 5.74) is 6.23. The Balaban J connectivity index is 1.27. The highest BCUT2D eigenvalue weighted by Crippen LogP contribution is 2.29. The summed E-state index contributed by atoms with van der Waals surface area (Å²) < 4.78 is 5.41. The zero-order valence-electron chi connectivity index (χ0n) is 16.2. The number of fused-ring (bicyclic) bond motifs is 1. The molecule has 2 aromatic carbocycles. The number of ether oxygens (including phenoxy) is 1. The molecule has 0 radical (unpaired) electrons. The molecule has 1 aromatic heterocycles. The zero-order chi connectivity index (χ0) is 19.6. The lowest BCUT2D eigenvalue weighted by atomic mass is 10.1. The van der Waals surface area contributed by atoms with Gasteiger partial charge in [0.1, 0.15) is 0 Å². The Morgan fingerprint density at radius 3 is 2.66 bits per heavy atom. The van der Waals surface area contributed by atoms with Crippen LogP contribution in [0, 0.1) is 0 Å². The third kappa shape index (κ3) is 3.91. The number of amides is 1. The molecule has 1 amide bonds. The molecule has 2 aliphatic rings. The number of morpholine rings is 1. The summed E-state index contributed by atoms with van der Waals surface area (Å²) in [6.07, 6.45) is 3.39. The molecule has 1 aliphatic carbocycles. The van der Waals surface area contributed by atoms with Gasteiger partial charge in [0, 0.05) is 35.3 Å². The van der Waals surface area contributed by atoms with Gasteiger partial charge in [-0.15, -0.1) is 11.3 Å². The Kier molecular flexibility index (Phi) is 5.04. The van der Waals surface area contributed by atoms with Crippen LogP contribution in [-0.4, -0.2) is 37.2 Å². The average molecular weight is 406 g/mol. The highest BCUT2D eigenvalue weighted by molar-refractivity contribution is 7.14. The molecule has 5 rings (SSSR count). The van der Waals surface area contributed by atoms with Gasteiger partial charge in [-0.2, -0.15) is 0 Å². The number of thiazole rings is 1. The number of nitrogens with one attached hydrogen (secondary N) is 1. The van der Waals surface area contributed by atoms with Crippen molar-refractivity contribution in [2.24, 2.45) is 0 Å². The van der Waals surface area contributed by atoms with Crippen molar-refractivity contribution in [3.8, 4) is 11.3 Å². The van der Waals surface area contributed by atoms with Gasteiger partial charge in [0.05, 0.1) is 18.9 Å². The molecule has 6 heteroatoms. The van der Waals surface area contributed by atoms with Crippen molar-refractivity contribution in [1.29, 1.82) is 0 Å². The van der Waals surface area contributed by atoms with Gasteiger partial charge < -0.3 is 15.0 Å². The van der Waals surface area contributed by atoms with Gasteiger partial charge in [-0.3, -0.25) is 4.79 Å². The van der Waals surface area contributed by atoms with E-state index < -0.39 is 0 Å². The molecule has 148 valence electrons. The van der Waals surface area contributed by atoms with Crippen LogP contribution in [0.4, 0.5) is 10.8 Å². The lowest BCUT2D eigenvalue weighted by Gasteiger charge is -2.26. The van der Waals surface area contributed by atoms with Gasteiger partial charge in [-0.05, 0) is 54.7 Å². The predicted molar refractivity (Wildman–Crippen MR) is 117 cm³/mol. The number of nitrogens with zero attached hydrogens (tertiary/aromatic N) is 2. The second-order valence-electron chi connectivity index (χ2n) is 7.48. The fraction of sp³-hybridized carbons (Fsp3) is 0.304. The first-order valence-electron chi connectivity index (χ1n) is 10.1. The molecule has 29 heavy (non-hydrogen) atoms. The number of benzene rings is 2. The number of carbonyl (C=O) groups is 1. The minimum absolute atomic E-state index is 0.0595. The number of carbonyl (C=O) groups excluding carboxylic acids is 1. The molecule has 0 saturated carbocycles. The molecular formula is C23H23N3O2S. The van der Waals surface area contributed by atoms with Crippen LogP contribution >= 0.6 is 11.3 Å². The molecule has 1 aliphatic heterocycles. The second kappa shape index (κ2) is 7.97. The van der Waals surface area contributed by atoms with E-state index in [0.29, 0.717) is 0 Å². The lowest BCUT2D eigenvalue weighted by molar-refractivity contribution is 0.102. The number of hydrogen-bond acceptors (Lipinski definition) is 5. The van der Waals surface area contributed by atoms with Crippen molar-refractivity contribution in [3.63, 3.8) is 0 Å². The summed E-state index contributed by atoms with van der Waals surface area (Å²) in [4.78, 5) is 19.7. The van der Waals surface area contributed by atoms with Crippen LogP contribution in [0.1, 0.15) is 27.9 Å². The SMILES string of the molecule is O=C(Nc1ccc(-c2csc(N3CCOCC3)n2)cc1)c1ccc2c(c1)CCC2. The molecular weight excluding hydrogens is 382 g/mol. The first-order valence-corrected chi connectivity index (χ1v) is 11.0. The fourth-order valence-electron chi connectivity index (χ4n) is 3.94. The number of aromatic nitrogens is 1. The second-order valence-corrected chi connectivity index (χ2v) is 8.32. The van der Waals surface area contributed by atoms with Crippen molar-refractivity contribution < 1.29 is 9.53 Å². The Labute approximate surface area is 174 Å². The summed E-state index contributed by atoms with van der Waals surface area (Å²) in [5, 5.41) is 6.13. The van der Waals surface area contributed by atoms with Crippen molar-refractivity contribution in [2.45, 2.75) is 19.3 Å². The number of anilines is 2. The van der Waals surface area contributed by atoms with Crippen molar-refractivity contribution in [3.05, 3.63) is 64.5 Å². The molecule has 2 heterocycles. The van der Waals surface area contributed by atoms with E-state index in [1.807, 2.05) is 36.4 Å². The highest BCUT2D eigenvalue weighted by Gasteiger charge is 2.16. The minimum atomic E-state index is -0.0595. The maximum absolute atomic E-state index is 12.6. The monoisotopic (exact) mass is 405 g/mol. The number of hydrogen-bond donors (Lipinski definition) is 1. The average Bonchev–Trinajstić information content (AvgIpc) is 3.44. The molecule has 1 saturated heterocycles. The van der Waals surface area contributed by atoms with E-state index in [-0.39, 0.29) is 5.91 Å². The summed E-state index contributed by atoms with van der Waals surface area (Å²) in [6.45, 7) is 3.29. The molecule has 1 fully saturated rings. The Hall–Kier alpha value is -2.70. The van der Waals surface area contributed by atoms with Crippen molar-refractivity contribution in [1.82, 2.24) is 4.98 Å². The van der Waals surface area contributed by atoms with Gasteiger partial charge in [-0.25, -0.2) is 4.98 Å². The van der Waals surface area contributed by atoms with E-state index in [1.54, 1.807) is 11.3 Å². The van der Waals surface area contributed by atoms with Crippen LogP contribution < -0.4 is 10.2 Å². The van der Waals surface area contributed by atoms with E-state index in [1.165, 1.54) is 17.5 Å². The lowest BCUT2D eigenvalue weighted by Crippen LogP contribution is -2.36. The van der Waals surface area contributed by atoms with Crippen LogP contribution in [0.15, 0.2) is 47.8 Å². The van der Waals surface area contributed by atoms with E-state index in [9.17, 15) is 4.79 Å². The Bertz CT molecular complexity index is 1020. The van der Waals surface area contributed by atoms with Crippen molar-refractivity contribution in [2.75, 3.05) is 36.5 Å². The maximum Gasteiger partial charge on any atom is 0.255 e.